The van der Waals surface area contributed by atoms with Crippen molar-refractivity contribution < 1.29 is 14.3 Å². The Morgan fingerprint density at radius 3 is 2.71 bits per heavy atom. The van der Waals surface area contributed by atoms with Crippen LogP contribution in [0.15, 0.2) is 29.8 Å². The molecule has 7 nitrogen and oxygen atoms in total. The molecular weight excluding hydrogens is 448 g/mol. The second-order valence-electron chi connectivity index (χ2n) is 9.58. The van der Waals surface area contributed by atoms with Crippen molar-refractivity contribution in [1.82, 2.24) is 19.7 Å². The summed E-state index contributed by atoms with van der Waals surface area (Å²) < 4.78 is 6.00. The van der Waals surface area contributed by atoms with Crippen LogP contribution in [0, 0.1) is 6.92 Å². The van der Waals surface area contributed by atoms with Gasteiger partial charge in [0.2, 0.25) is 5.91 Å². The summed E-state index contributed by atoms with van der Waals surface area (Å²) in [5.41, 5.74) is 3.51. The maximum absolute atomic E-state index is 13.6. The first kappa shape index (κ1) is 24.7. The van der Waals surface area contributed by atoms with E-state index in [0.717, 1.165) is 57.4 Å². The standard InChI is InChI=1S/C26H36N4O3S/c1-20-24(34-19-27-20)17-30-14-8-12-26(30)11-6-7-13-29(21(2)31)15-16-33-23-10-5-4-9-22(23)25(32)28(3)18-26/h4-5,9-10,19H,6-8,11-18H2,1-3H3/t26-/m1/s1. The highest BCUT2D eigenvalue weighted by molar-refractivity contribution is 7.09. The van der Waals surface area contributed by atoms with E-state index in [1.807, 2.05) is 46.6 Å². The van der Waals surface area contributed by atoms with Crippen LogP contribution in [0.1, 0.15) is 60.0 Å². The first-order chi connectivity index (χ1) is 16.4. The number of carbonyl (C=O) groups is 2. The first-order valence-electron chi connectivity index (χ1n) is 12.3. The SMILES string of the molecule is CC(=O)N1CCCC[C@@]2(CCCN2Cc2scnc2C)CN(C)C(=O)c2ccccc2OCC1. The van der Waals surface area contributed by atoms with Gasteiger partial charge < -0.3 is 14.5 Å². The van der Waals surface area contributed by atoms with Crippen molar-refractivity contribution >= 4 is 23.2 Å². The lowest BCUT2D eigenvalue weighted by Gasteiger charge is -2.42. The van der Waals surface area contributed by atoms with Crippen LogP contribution in [0.5, 0.6) is 5.75 Å². The largest absolute Gasteiger partial charge is 0.491 e. The van der Waals surface area contributed by atoms with Crippen molar-refractivity contribution in [2.75, 3.05) is 39.8 Å². The molecule has 0 N–H and O–H groups in total. The maximum atomic E-state index is 13.6. The summed E-state index contributed by atoms with van der Waals surface area (Å²) in [6, 6.07) is 7.44. The minimum atomic E-state index is -0.0815. The van der Waals surface area contributed by atoms with Crippen LogP contribution < -0.4 is 4.74 Å². The highest BCUT2D eigenvalue weighted by Gasteiger charge is 2.42. The Kier molecular flexibility index (Phi) is 7.88. The highest BCUT2D eigenvalue weighted by Crippen LogP contribution is 2.37. The molecule has 1 saturated heterocycles. The van der Waals surface area contributed by atoms with E-state index in [-0.39, 0.29) is 17.4 Å². The Labute approximate surface area is 206 Å². The zero-order valence-electron chi connectivity index (χ0n) is 20.6. The third-order valence-corrected chi connectivity index (χ3v) is 8.22. The smallest absolute Gasteiger partial charge is 0.257 e. The van der Waals surface area contributed by atoms with Crippen LogP contribution >= 0.6 is 11.3 Å². The van der Waals surface area contributed by atoms with E-state index in [2.05, 4.69) is 16.8 Å². The van der Waals surface area contributed by atoms with Crippen LogP contribution in [0.3, 0.4) is 0 Å². The van der Waals surface area contributed by atoms with E-state index in [0.29, 0.717) is 31.0 Å². The molecule has 2 amide bonds. The number of ether oxygens (including phenoxy) is 1. The van der Waals surface area contributed by atoms with E-state index < -0.39 is 0 Å². The Bertz CT molecular complexity index is 1010. The number of thiazole rings is 1. The number of hydrogen-bond acceptors (Lipinski definition) is 6. The summed E-state index contributed by atoms with van der Waals surface area (Å²) >= 11 is 1.71. The molecule has 8 heteroatoms. The molecule has 0 radical (unpaired) electrons. The van der Waals surface area contributed by atoms with E-state index >= 15 is 0 Å². The molecule has 2 aromatic rings. The Morgan fingerprint density at radius 1 is 1.15 bits per heavy atom. The van der Waals surface area contributed by atoms with Crippen molar-refractivity contribution in [3.05, 3.63) is 45.9 Å². The molecule has 0 saturated carbocycles. The summed E-state index contributed by atoms with van der Waals surface area (Å²) in [6.07, 6.45) is 5.16. The summed E-state index contributed by atoms with van der Waals surface area (Å²) in [4.78, 5) is 37.8. The van der Waals surface area contributed by atoms with Crippen LogP contribution in [0.4, 0.5) is 0 Å². The zero-order chi connectivity index (χ0) is 24.1. The first-order valence-corrected chi connectivity index (χ1v) is 13.1. The summed E-state index contributed by atoms with van der Waals surface area (Å²) in [5.74, 6) is 0.631. The van der Waals surface area contributed by atoms with Crippen molar-refractivity contribution in [3.63, 3.8) is 0 Å². The molecule has 0 unspecified atom stereocenters. The van der Waals surface area contributed by atoms with Gasteiger partial charge in [0.15, 0.2) is 0 Å². The molecular formula is C26H36N4O3S. The van der Waals surface area contributed by atoms with Gasteiger partial charge in [0, 0.05) is 44.0 Å². The monoisotopic (exact) mass is 484 g/mol. The second-order valence-corrected chi connectivity index (χ2v) is 10.5. The van der Waals surface area contributed by atoms with Crippen LogP contribution in [-0.2, 0) is 11.3 Å². The maximum Gasteiger partial charge on any atom is 0.257 e. The molecule has 2 aliphatic rings. The lowest BCUT2D eigenvalue weighted by Crippen LogP contribution is -2.52. The molecule has 1 atom stereocenters. The lowest BCUT2D eigenvalue weighted by molar-refractivity contribution is -0.129. The number of fused-ring (bicyclic) bond motifs is 1. The number of carbonyl (C=O) groups excluding carboxylic acids is 2. The van der Waals surface area contributed by atoms with Gasteiger partial charge in [0.1, 0.15) is 12.4 Å². The average molecular weight is 485 g/mol. The second kappa shape index (κ2) is 10.9. The lowest BCUT2D eigenvalue weighted by atomic mass is 9.88. The van der Waals surface area contributed by atoms with Gasteiger partial charge in [-0.15, -0.1) is 11.3 Å². The molecule has 1 spiro atoms. The molecule has 1 fully saturated rings. The number of likely N-dealkylation sites (tertiary alicyclic amines) is 1. The fraction of sp³-hybridized carbons (Fsp3) is 0.577. The van der Waals surface area contributed by atoms with Gasteiger partial charge in [-0.3, -0.25) is 14.5 Å². The van der Waals surface area contributed by atoms with Gasteiger partial charge >= 0.3 is 0 Å². The van der Waals surface area contributed by atoms with Crippen molar-refractivity contribution in [2.45, 2.75) is 58.0 Å². The fourth-order valence-corrected chi connectivity index (χ4v) is 6.16. The Balaban J connectivity index is 1.63. The van der Waals surface area contributed by atoms with E-state index in [9.17, 15) is 9.59 Å². The molecule has 184 valence electrons. The van der Waals surface area contributed by atoms with Crippen LogP contribution in [-0.4, -0.2) is 76.9 Å². The van der Waals surface area contributed by atoms with E-state index in [1.54, 1.807) is 18.3 Å². The number of aryl methyl sites for hydroxylation is 1. The third kappa shape index (κ3) is 5.44. The third-order valence-electron chi connectivity index (χ3n) is 7.30. The van der Waals surface area contributed by atoms with E-state index in [4.69, 9.17) is 4.74 Å². The normalized spacial score (nSPS) is 23.0. The summed E-state index contributed by atoms with van der Waals surface area (Å²) in [7, 11) is 1.92. The van der Waals surface area contributed by atoms with Crippen molar-refractivity contribution in [2.24, 2.45) is 0 Å². The zero-order valence-corrected chi connectivity index (χ0v) is 21.4. The summed E-state index contributed by atoms with van der Waals surface area (Å²) in [6.45, 7) is 7.90. The van der Waals surface area contributed by atoms with Crippen molar-refractivity contribution in [3.8, 4) is 5.75 Å². The number of likely N-dealkylation sites (N-methyl/N-ethyl adjacent to an activating group) is 1. The van der Waals surface area contributed by atoms with Gasteiger partial charge in [-0.2, -0.15) is 0 Å². The summed E-state index contributed by atoms with van der Waals surface area (Å²) in [5, 5.41) is 0. The van der Waals surface area contributed by atoms with Crippen LogP contribution in [0.25, 0.3) is 0 Å². The molecule has 0 aliphatic carbocycles. The number of para-hydroxylation sites is 1. The number of aromatic nitrogens is 1. The quantitative estimate of drug-likeness (QED) is 0.645. The topological polar surface area (TPSA) is 66.0 Å². The van der Waals surface area contributed by atoms with Gasteiger partial charge in [-0.05, 0) is 57.7 Å². The number of rotatable bonds is 2. The van der Waals surface area contributed by atoms with Crippen molar-refractivity contribution in [1.29, 1.82) is 0 Å². The predicted octanol–water partition coefficient (Wildman–Crippen LogP) is 3.97. The predicted molar refractivity (Wildman–Crippen MR) is 134 cm³/mol. The van der Waals surface area contributed by atoms with E-state index in [1.165, 1.54) is 4.88 Å². The van der Waals surface area contributed by atoms with Gasteiger partial charge in [0.25, 0.3) is 5.91 Å². The fourth-order valence-electron chi connectivity index (χ4n) is 5.37. The average Bonchev–Trinajstić information content (AvgIpc) is 3.40. The van der Waals surface area contributed by atoms with Gasteiger partial charge in [-0.25, -0.2) is 4.98 Å². The molecule has 4 rings (SSSR count). The van der Waals surface area contributed by atoms with Crippen LogP contribution in [0.2, 0.25) is 0 Å². The molecule has 3 heterocycles. The minimum Gasteiger partial charge on any atom is -0.491 e. The number of hydrogen-bond donors (Lipinski definition) is 0. The number of amides is 2. The Hall–Kier alpha value is -2.45. The number of benzene rings is 1. The molecule has 34 heavy (non-hydrogen) atoms. The van der Waals surface area contributed by atoms with Gasteiger partial charge in [-0.1, -0.05) is 12.1 Å². The molecule has 1 aromatic carbocycles. The minimum absolute atomic E-state index is 0.0173. The Morgan fingerprint density at radius 2 is 1.94 bits per heavy atom. The van der Waals surface area contributed by atoms with Gasteiger partial charge in [0.05, 0.1) is 23.3 Å². The number of nitrogens with zero attached hydrogens (tertiary/aromatic N) is 4. The molecule has 2 aliphatic heterocycles. The molecule has 0 bridgehead atoms. The highest BCUT2D eigenvalue weighted by atomic mass is 32.1. The molecule has 1 aromatic heterocycles.